The van der Waals surface area contributed by atoms with E-state index in [0.29, 0.717) is 26.2 Å². The Morgan fingerprint density at radius 1 is 1.29 bits per heavy atom. The van der Waals surface area contributed by atoms with Crippen molar-refractivity contribution in [2.45, 2.75) is 0 Å². The number of nitrogens with one attached hydrogen (secondary N) is 1. The van der Waals surface area contributed by atoms with Crippen molar-refractivity contribution in [1.29, 1.82) is 0 Å². The van der Waals surface area contributed by atoms with Gasteiger partial charge in [-0.15, -0.1) is 12.4 Å². The topological polar surface area (TPSA) is 74.6 Å². The van der Waals surface area contributed by atoms with E-state index in [1.807, 2.05) is 0 Å². The number of piperazine rings is 1. The van der Waals surface area contributed by atoms with Gasteiger partial charge in [-0.1, -0.05) is 0 Å². The molecule has 1 aromatic heterocycles. The molecule has 2 N–H and O–H groups in total. The number of carbonyl (C=O) groups is 1. The summed E-state index contributed by atoms with van der Waals surface area (Å²) in [5, 5.41) is 11.8. The van der Waals surface area contributed by atoms with Crippen LogP contribution >= 0.6 is 12.4 Å². The van der Waals surface area contributed by atoms with Crippen LogP contribution < -0.4 is 15.6 Å². The maximum atomic E-state index is 14.9. The van der Waals surface area contributed by atoms with Crippen LogP contribution in [0.1, 0.15) is 10.4 Å². The Labute approximate surface area is 142 Å². The number of carboxylic acid groups (broad SMARTS) is 1. The van der Waals surface area contributed by atoms with Crippen LogP contribution in [0.2, 0.25) is 0 Å². The highest BCUT2D eigenvalue weighted by atomic mass is 35.5. The number of hydrogen-bond donors (Lipinski definition) is 2. The van der Waals surface area contributed by atoms with Gasteiger partial charge in [-0.2, -0.15) is 0 Å². The lowest BCUT2D eigenvalue weighted by Crippen LogP contribution is -2.44. The van der Waals surface area contributed by atoms with Crippen LogP contribution in [0.15, 0.2) is 17.1 Å². The summed E-state index contributed by atoms with van der Waals surface area (Å²) in [6, 6.07) is 0.921. The first-order valence-corrected chi connectivity index (χ1v) is 7.12. The number of aryl methyl sites for hydroxylation is 1. The third-order valence-electron chi connectivity index (χ3n) is 4.00. The molecular weight excluding hydrogens is 344 g/mol. The first-order chi connectivity index (χ1) is 10.9. The molecule has 0 saturated carbocycles. The fourth-order valence-electron chi connectivity index (χ4n) is 2.91. The molecule has 1 aromatic carbocycles. The van der Waals surface area contributed by atoms with Crippen LogP contribution in [-0.4, -0.2) is 41.8 Å². The second-order valence-electron chi connectivity index (χ2n) is 5.44. The highest BCUT2D eigenvalue weighted by molar-refractivity contribution is 5.93. The van der Waals surface area contributed by atoms with Crippen molar-refractivity contribution in [1.82, 2.24) is 9.88 Å². The zero-order valence-electron chi connectivity index (χ0n) is 12.8. The molecule has 3 rings (SSSR count). The molecule has 0 atom stereocenters. The standard InChI is InChI=1S/C15H15F2N3O3.ClH/c1-19-7-9(15(22)23)14(21)8-6-10(16)13(11(17)12(8)19)20-4-2-18-3-5-20;/h6-7,18H,2-5H2,1H3,(H,22,23);1H. The van der Waals surface area contributed by atoms with E-state index in [-0.39, 0.29) is 29.0 Å². The average Bonchev–Trinajstić information content (AvgIpc) is 2.51. The first-order valence-electron chi connectivity index (χ1n) is 7.12. The summed E-state index contributed by atoms with van der Waals surface area (Å²) >= 11 is 0. The summed E-state index contributed by atoms with van der Waals surface area (Å²) in [6.45, 7) is 2.10. The predicted octanol–water partition coefficient (Wildman–Crippen LogP) is 1.35. The van der Waals surface area contributed by atoms with Crippen molar-refractivity contribution in [2.75, 3.05) is 31.1 Å². The third kappa shape index (κ3) is 2.83. The quantitative estimate of drug-likeness (QED) is 0.846. The molecule has 2 heterocycles. The Bertz CT molecular complexity index is 863. The number of benzene rings is 1. The maximum absolute atomic E-state index is 14.9. The number of anilines is 1. The number of nitrogens with zero attached hydrogens (tertiary/aromatic N) is 2. The Hall–Kier alpha value is -2.19. The van der Waals surface area contributed by atoms with Gasteiger partial charge in [-0.3, -0.25) is 4.79 Å². The van der Waals surface area contributed by atoms with Gasteiger partial charge < -0.3 is 19.9 Å². The van der Waals surface area contributed by atoms with E-state index in [2.05, 4.69) is 5.32 Å². The maximum Gasteiger partial charge on any atom is 0.341 e. The monoisotopic (exact) mass is 359 g/mol. The normalized spacial score (nSPS) is 14.5. The van der Waals surface area contributed by atoms with Gasteiger partial charge in [0.1, 0.15) is 17.1 Å². The van der Waals surface area contributed by atoms with Crippen LogP contribution in [0.25, 0.3) is 10.9 Å². The van der Waals surface area contributed by atoms with Crippen LogP contribution in [0.4, 0.5) is 14.5 Å². The van der Waals surface area contributed by atoms with E-state index in [9.17, 15) is 18.4 Å². The Morgan fingerprint density at radius 2 is 1.92 bits per heavy atom. The molecular formula is C15H16ClF2N3O3. The summed E-state index contributed by atoms with van der Waals surface area (Å²) in [5.41, 5.74) is -1.70. The Kier molecular flexibility index (Phi) is 5.10. The van der Waals surface area contributed by atoms with Gasteiger partial charge in [-0.05, 0) is 6.07 Å². The summed E-state index contributed by atoms with van der Waals surface area (Å²) < 4.78 is 30.5. The molecule has 2 aromatic rings. The molecule has 1 fully saturated rings. The molecule has 1 aliphatic rings. The van der Waals surface area contributed by atoms with E-state index in [0.717, 1.165) is 12.3 Å². The molecule has 0 spiro atoms. The first kappa shape index (κ1) is 18.2. The zero-order chi connectivity index (χ0) is 16.7. The van der Waals surface area contributed by atoms with Crippen molar-refractivity contribution >= 4 is 35.0 Å². The minimum absolute atomic E-state index is 0. The van der Waals surface area contributed by atoms with Crippen LogP contribution in [-0.2, 0) is 7.05 Å². The van der Waals surface area contributed by atoms with Crippen LogP contribution in [0, 0.1) is 11.6 Å². The summed E-state index contributed by atoms with van der Waals surface area (Å²) in [6.07, 6.45) is 1.05. The Balaban J connectivity index is 0.00000208. The number of rotatable bonds is 2. The molecule has 1 aliphatic heterocycles. The highest BCUT2D eigenvalue weighted by Gasteiger charge is 2.25. The predicted molar refractivity (Wildman–Crippen MR) is 88.4 cm³/mol. The van der Waals surface area contributed by atoms with Gasteiger partial charge in [0.2, 0.25) is 5.43 Å². The average molecular weight is 360 g/mol. The van der Waals surface area contributed by atoms with E-state index in [1.165, 1.54) is 11.6 Å². The van der Waals surface area contributed by atoms with Crippen molar-refractivity contribution in [2.24, 2.45) is 7.05 Å². The number of hydrogen-bond acceptors (Lipinski definition) is 4. The molecule has 130 valence electrons. The summed E-state index contributed by atoms with van der Waals surface area (Å²) in [7, 11) is 1.43. The number of aromatic carboxylic acids is 1. The number of aromatic nitrogens is 1. The highest BCUT2D eigenvalue weighted by Crippen LogP contribution is 2.29. The molecule has 6 nitrogen and oxygen atoms in total. The number of halogens is 3. The van der Waals surface area contributed by atoms with E-state index >= 15 is 0 Å². The van der Waals surface area contributed by atoms with E-state index < -0.39 is 28.6 Å². The fraction of sp³-hybridized carbons (Fsp3) is 0.333. The van der Waals surface area contributed by atoms with Gasteiger partial charge in [0.05, 0.1) is 10.9 Å². The van der Waals surface area contributed by atoms with Gasteiger partial charge >= 0.3 is 5.97 Å². The summed E-state index contributed by atoms with van der Waals surface area (Å²) in [4.78, 5) is 24.8. The molecule has 9 heteroatoms. The van der Waals surface area contributed by atoms with Gasteiger partial charge in [-0.25, -0.2) is 13.6 Å². The third-order valence-corrected chi connectivity index (χ3v) is 4.00. The number of carboxylic acids is 1. The molecule has 0 unspecified atom stereocenters. The van der Waals surface area contributed by atoms with Crippen molar-refractivity contribution in [3.05, 3.63) is 39.7 Å². The lowest BCUT2D eigenvalue weighted by Gasteiger charge is -2.30. The fourth-order valence-corrected chi connectivity index (χ4v) is 2.91. The largest absolute Gasteiger partial charge is 0.477 e. The smallest absolute Gasteiger partial charge is 0.341 e. The molecule has 0 amide bonds. The molecule has 24 heavy (non-hydrogen) atoms. The second kappa shape index (κ2) is 6.74. The van der Waals surface area contributed by atoms with Gasteiger partial charge in [0.15, 0.2) is 5.82 Å². The minimum atomic E-state index is -1.43. The van der Waals surface area contributed by atoms with E-state index in [4.69, 9.17) is 5.11 Å². The molecule has 0 aliphatic carbocycles. The van der Waals surface area contributed by atoms with Crippen molar-refractivity contribution in [3.8, 4) is 0 Å². The Morgan fingerprint density at radius 3 is 2.50 bits per heavy atom. The SMILES string of the molecule is Cl.Cn1cc(C(=O)O)c(=O)c2cc(F)c(N3CCNCC3)c(F)c21. The molecule has 1 saturated heterocycles. The molecule has 0 bridgehead atoms. The van der Waals surface area contributed by atoms with Crippen molar-refractivity contribution < 1.29 is 18.7 Å². The zero-order valence-corrected chi connectivity index (χ0v) is 13.6. The second-order valence-corrected chi connectivity index (χ2v) is 5.44. The summed E-state index contributed by atoms with van der Waals surface area (Å²) in [5.74, 6) is -3.14. The van der Waals surface area contributed by atoms with E-state index in [1.54, 1.807) is 4.90 Å². The van der Waals surface area contributed by atoms with Crippen LogP contribution in [0.3, 0.4) is 0 Å². The molecule has 0 radical (unpaired) electrons. The van der Waals surface area contributed by atoms with Crippen LogP contribution in [0.5, 0.6) is 0 Å². The van der Waals surface area contributed by atoms with Gasteiger partial charge in [0.25, 0.3) is 0 Å². The minimum Gasteiger partial charge on any atom is -0.477 e. The number of pyridine rings is 1. The lowest BCUT2D eigenvalue weighted by atomic mass is 10.1. The van der Waals surface area contributed by atoms with Gasteiger partial charge in [0, 0.05) is 39.4 Å². The van der Waals surface area contributed by atoms with Crippen molar-refractivity contribution in [3.63, 3.8) is 0 Å². The number of fused-ring (bicyclic) bond motifs is 1. The lowest BCUT2D eigenvalue weighted by molar-refractivity contribution is 0.0695.